The van der Waals surface area contributed by atoms with E-state index < -0.39 is 15.3 Å². The molecule has 0 aliphatic rings. The molecular formula is C28H24ClN3O4S2. The molecule has 0 fully saturated rings. The van der Waals surface area contributed by atoms with E-state index in [0.717, 1.165) is 16.0 Å². The Morgan fingerprint density at radius 2 is 1.37 bits per heavy atom. The molecule has 4 aromatic carbocycles. The van der Waals surface area contributed by atoms with Gasteiger partial charge in [-0.2, -0.15) is 0 Å². The minimum atomic E-state index is -3.82. The van der Waals surface area contributed by atoms with Crippen LogP contribution in [0.4, 0.5) is 11.4 Å². The van der Waals surface area contributed by atoms with Crippen molar-refractivity contribution in [3.63, 3.8) is 0 Å². The van der Waals surface area contributed by atoms with Crippen LogP contribution in [0.3, 0.4) is 0 Å². The van der Waals surface area contributed by atoms with E-state index in [4.69, 9.17) is 16.7 Å². The predicted molar refractivity (Wildman–Crippen MR) is 152 cm³/mol. The first kappa shape index (κ1) is 27.4. The maximum atomic E-state index is 13.3. The normalized spacial score (nSPS) is 11.9. The number of nitrogens with one attached hydrogen (secondary N) is 2. The lowest BCUT2D eigenvalue weighted by Gasteiger charge is -2.17. The Hall–Kier alpha value is -3.63. The molecule has 2 amide bonds. The zero-order valence-electron chi connectivity index (χ0n) is 20.0. The van der Waals surface area contributed by atoms with Gasteiger partial charge in [-0.05, 0) is 71.8 Å². The highest BCUT2D eigenvalue weighted by Gasteiger charge is 2.22. The Balaban J connectivity index is 1.44. The van der Waals surface area contributed by atoms with Crippen molar-refractivity contribution in [2.24, 2.45) is 5.14 Å². The molecule has 4 rings (SSSR count). The lowest BCUT2D eigenvalue weighted by molar-refractivity contribution is -0.116. The largest absolute Gasteiger partial charge is 0.326 e. The van der Waals surface area contributed by atoms with Gasteiger partial charge in [-0.25, -0.2) is 13.6 Å². The van der Waals surface area contributed by atoms with E-state index >= 15 is 0 Å². The molecule has 0 aromatic heterocycles. The van der Waals surface area contributed by atoms with Gasteiger partial charge in [0.05, 0.1) is 11.3 Å². The van der Waals surface area contributed by atoms with Crippen LogP contribution in [-0.4, -0.2) is 20.2 Å². The number of amides is 2. The minimum absolute atomic E-state index is 0.0372. The average Bonchev–Trinajstić information content (AvgIpc) is 2.90. The SMILES string of the molecule is NS(=O)(=O)c1ccc(NC(=O)C(Sc2ccc(NC(=O)Cc3ccc(Cl)cc3)cc2)c2ccccc2)cc1. The number of carbonyl (C=O) groups is 2. The zero-order chi connectivity index (χ0) is 27.1. The third-order valence-electron chi connectivity index (χ3n) is 5.46. The summed E-state index contributed by atoms with van der Waals surface area (Å²) in [6.07, 6.45) is 0.224. The van der Waals surface area contributed by atoms with Crippen LogP contribution in [0, 0.1) is 0 Å². The monoisotopic (exact) mass is 565 g/mol. The molecule has 0 saturated carbocycles. The van der Waals surface area contributed by atoms with E-state index in [9.17, 15) is 18.0 Å². The number of anilines is 2. The van der Waals surface area contributed by atoms with Crippen LogP contribution in [0.2, 0.25) is 5.02 Å². The summed E-state index contributed by atoms with van der Waals surface area (Å²) in [5.74, 6) is -0.424. The fourth-order valence-electron chi connectivity index (χ4n) is 3.58. The summed E-state index contributed by atoms with van der Waals surface area (Å²) in [5.41, 5.74) is 2.75. The summed E-state index contributed by atoms with van der Waals surface area (Å²) in [4.78, 5) is 26.5. The second-order valence-electron chi connectivity index (χ2n) is 8.34. The van der Waals surface area contributed by atoms with Crippen molar-refractivity contribution in [2.45, 2.75) is 21.5 Å². The van der Waals surface area contributed by atoms with E-state index in [2.05, 4.69) is 10.6 Å². The molecule has 0 aliphatic heterocycles. The van der Waals surface area contributed by atoms with E-state index in [1.54, 1.807) is 24.3 Å². The van der Waals surface area contributed by atoms with Crippen LogP contribution >= 0.6 is 23.4 Å². The molecule has 0 aliphatic carbocycles. The molecule has 1 unspecified atom stereocenters. The first-order chi connectivity index (χ1) is 18.2. The predicted octanol–water partition coefficient (Wildman–Crippen LogP) is 5.64. The van der Waals surface area contributed by atoms with Crippen molar-refractivity contribution in [1.29, 1.82) is 0 Å². The van der Waals surface area contributed by atoms with Crippen LogP contribution in [0.25, 0.3) is 0 Å². The molecule has 194 valence electrons. The molecular weight excluding hydrogens is 542 g/mol. The Kier molecular flexibility index (Phi) is 8.85. The Morgan fingerprint density at radius 3 is 1.97 bits per heavy atom. The van der Waals surface area contributed by atoms with Gasteiger partial charge in [0.1, 0.15) is 5.25 Å². The number of hydrogen-bond acceptors (Lipinski definition) is 5. The molecule has 10 heteroatoms. The fraction of sp³-hybridized carbons (Fsp3) is 0.0714. The van der Waals surface area contributed by atoms with Crippen molar-refractivity contribution >= 4 is 56.6 Å². The van der Waals surface area contributed by atoms with E-state index in [0.29, 0.717) is 16.4 Å². The van der Waals surface area contributed by atoms with Crippen LogP contribution in [-0.2, 0) is 26.0 Å². The third kappa shape index (κ3) is 7.69. The zero-order valence-corrected chi connectivity index (χ0v) is 22.4. The van der Waals surface area contributed by atoms with Crippen LogP contribution in [0.5, 0.6) is 0 Å². The molecule has 7 nitrogen and oxygen atoms in total. The van der Waals surface area contributed by atoms with Crippen molar-refractivity contribution in [3.8, 4) is 0 Å². The lowest BCUT2D eigenvalue weighted by Crippen LogP contribution is -2.19. The second-order valence-corrected chi connectivity index (χ2v) is 11.5. The van der Waals surface area contributed by atoms with Crippen LogP contribution < -0.4 is 15.8 Å². The first-order valence-corrected chi connectivity index (χ1v) is 14.3. The number of hydrogen-bond donors (Lipinski definition) is 3. The van der Waals surface area contributed by atoms with Gasteiger partial charge in [-0.3, -0.25) is 9.59 Å². The summed E-state index contributed by atoms with van der Waals surface area (Å²) < 4.78 is 23.0. The number of carbonyl (C=O) groups excluding carboxylic acids is 2. The minimum Gasteiger partial charge on any atom is -0.326 e. The van der Waals surface area contributed by atoms with Crippen LogP contribution in [0.1, 0.15) is 16.4 Å². The lowest BCUT2D eigenvalue weighted by atomic mass is 10.1. The summed E-state index contributed by atoms with van der Waals surface area (Å²) >= 11 is 7.25. The second kappa shape index (κ2) is 12.3. The summed E-state index contributed by atoms with van der Waals surface area (Å²) in [7, 11) is -3.82. The number of sulfonamides is 1. The van der Waals surface area contributed by atoms with Gasteiger partial charge in [0.2, 0.25) is 21.8 Å². The molecule has 0 spiro atoms. The van der Waals surface area contributed by atoms with Crippen LogP contribution in [0.15, 0.2) is 113 Å². The van der Waals surface area contributed by atoms with E-state index in [1.165, 1.54) is 36.0 Å². The smallest absolute Gasteiger partial charge is 0.242 e. The van der Waals surface area contributed by atoms with Gasteiger partial charge in [0.15, 0.2) is 0 Å². The Labute approximate surface area is 230 Å². The number of rotatable bonds is 9. The highest BCUT2D eigenvalue weighted by Crippen LogP contribution is 2.36. The maximum absolute atomic E-state index is 13.3. The van der Waals surface area contributed by atoms with Gasteiger partial charge in [0, 0.05) is 21.3 Å². The maximum Gasteiger partial charge on any atom is 0.242 e. The van der Waals surface area contributed by atoms with Gasteiger partial charge in [0.25, 0.3) is 0 Å². The molecule has 0 radical (unpaired) electrons. The quantitative estimate of drug-likeness (QED) is 0.227. The van der Waals surface area contributed by atoms with Gasteiger partial charge in [-0.1, -0.05) is 54.1 Å². The number of benzene rings is 4. The number of halogens is 1. The van der Waals surface area contributed by atoms with Crippen molar-refractivity contribution < 1.29 is 18.0 Å². The third-order valence-corrected chi connectivity index (χ3v) is 7.91. The highest BCUT2D eigenvalue weighted by molar-refractivity contribution is 8.00. The topological polar surface area (TPSA) is 118 Å². The van der Waals surface area contributed by atoms with Gasteiger partial charge < -0.3 is 10.6 Å². The van der Waals surface area contributed by atoms with E-state index in [-0.39, 0.29) is 23.1 Å². The van der Waals surface area contributed by atoms with Crippen molar-refractivity contribution in [2.75, 3.05) is 10.6 Å². The molecule has 38 heavy (non-hydrogen) atoms. The highest BCUT2D eigenvalue weighted by atomic mass is 35.5. The number of nitrogens with two attached hydrogens (primary N) is 1. The summed E-state index contributed by atoms with van der Waals surface area (Å²) in [5, 5.41) is 10.9. The standard InChI is InChI=1S/C28H24ClN3O4S2/c29-21-8-6-19(7-9-21)18-26(33)31-22-10-14-24(15-11-22)37-27(20-4-2-1-3-5-20)28(34)32-23-12-16-25(17-13-23)38(30,35)36/h1-17,27H,18H2,(H,31,33)(H,32,34)(H2,30,35,36). The summed E-state index contributed by atoms with van der Waals surface area (Å²) in [6.45, 7) is 0. The fourth-order valence-corrected chi connectivity index (χ4v) is 5.25. The number of thioether (sulfide) groups is 1. The first-order valence-electron chi connectivity index (χ1n) is 11.5. The molecule has 0 heterocycles. The molecule has 1 atom stereocenters. The van der Waals surface area contributed by atoms with E-state index in [1.807, 2.05) is 54.6 Å². The average molecular weight is 566 g/mol. The van der Waals surface area contributed by atoms with Gasteiger partial charge >= 0.3 is 0 Å². The van der Waals surface area contributed by atoms with Crippen molar-refractivity contribution in [3.05, 3.63) is 119 Å². The summed E-state index contributed by atoms with van der Waals surface area (Å²) in [6, 6.07) is 29.4. The molecule has 0 saturated heterocycles. The number of primary sulfonamides is 1. The molecule has 4 aromatic rings. The molecule has 4 N–H and O–H groups in total. The Bertz CT molecular complexity index is 1510. The Morgan fingerprint density at radius 1 is 0.789 bits per heavy atom. The van der Waals surface area contributed by atoms with Crippen molar-refractivity contribution in [1.82, 2.24) is 0 Å². The van der Waals surface area contributed by atoms with Gasteiger partial charge in [-0.15, -0.1) is 11.8 Å². The molecule has 0 bridgehead atoms.